The van der Waals surface area contributed by atoms with E-state index in [1.165, 1.54) is 0 Å². The van der Waals surface area contributed by atoms with Gasteiger partial charge in [-0.05, 0) is 66.4 Å². The van der Waals surface area contributed by atoms with Gasteiger partial charge in [0.25, 0.3) is 5.91 Å². The Labute approximate surface area is 237 Å². The van der Waals surface area contributed by atoms with E-state index in [0.29, 0.717) is 44.6 Å². The molecule has 39 heavy (non-hydrogen) atoms. The van der Waals surface area contributed by atoms with Crippen LogP contribution >= 0.6 is 15.9 Å². The molecule has 0 saturated carbocycles. The molecule has 7 nitrogen and oxygen atoms in total. The van der Waals surface area contributed by atoms with E-state index in [2.05, 4.69) is 27.0 Å². The average molecular weight is 593 g/mol. The summed E-state index contributed by atoms with van der Waals surface area (Å²) in [6.07, 6.45) is 3.34. The topological polar surface area (TPSA) is 74.9 Å². The van der Waals surface area contributed by atoms with Gasteiger partial charge in [0.2, 0.25) is 5.91 Å². The molecule has 0 aliphatic carbocycles. The number of carbonyl (C=O) groups excluding carboxylic acids is 2. The third-order valence-corrected chi connectivity index (χ3v) is 7.22. The largest absolute Gasteiger partial charge is 0.497 e. The van der Waals surface area contributed by atoms with E-state index in [-0.39, 0.29) is 18.4 Å². The smallest absolute Gasteiger partial charge is 0.254 e. The van der Waals surface area contributed by atoms with Crippen molar-refractivity contribution in [1.29, 1.82) is 0 Å². The molecule has 4 rings (SSSR count). The number of amides is 2. The zero-order valence-corrected chi connectivity index (χ0v) is 23.9. The fourth-order valence-corrected chi connectivity index (χ4v) is 4.79. The third kappa shape index (κ3) is 7.71. The number of hydrogen-bond donors (Lipinski definition) is 1. The number of fused-ring (bicyclic) bond motifs is 1. The molecular weight excluding hydrogens is 558 g/mol. The van der Waals surface area contributed by atoms with Crippen molar-refractivity contribution in [3.63, 3.8) is 0 Å². The Bertz CT molecular complexity index is 1370. The van der Waals surface area contributed by atoms with Crippen molar-refractivity contribution >= 4 is 38.6 Å². The first kappa shape index (κ1) is 28.4. The summed E-state index contributed by atoms with van der Waals surface area (Å²) >= 11 is 3.42. The van der Waals surface area contributed by atoms with Crippen LogP contribution in [0, 0.1) is 0 Å². The summed E-state index contributed by atoms with van der Waals surface area (Å²) in [6, 6.07) is 23.1. The van der Waals surface area contributed by atoms with Crippen LogP contribution in [-0.2, 0) is 22.5 Å². The van der Waals surface area contributed by atoms with E-state index in [1.807, 2.05) is 65.7 Å². The van der Waals surface area contributed by atoms with E-state index in [1.54, 1.807) is 31.3 Å². The molecule has 1 N–H and O–H groups in total. The molecule has 0 atom stereocenters. The molecule has 0 radical (unpaired) electrons. The SMILES string of the molecule is COCCCN(CC(=O)N(CCc1c[nH]c2ccccc12)Cc1ccc(OC)cc1)C(=O)c1ccc(Br)cc1. The molecule has 2 amide bonds. The predicted molar refractivity (Wildman–Crippen MR) is 157 cm³/mol. The molecule has 0 saturated heterocycles. The molecule has 204 valence electrons. The molecule has 0 aliphatic rings. The van der Waals surface area contributed by atoms with Crippen LogP contribution in [0.3, 0.4) is 0 Å². The van der Waals surface area contributed by atoms with Crippen LogP contribution in [0.15, 0.2) is 83.5 Å². The minimum absolute atomic E-state index is 0.0113. The van der Waals surface area contributed by atoms with Crippen molar-refractivity contribution in [3.8, 4) is 5.75 Å². The van der Waals surface area contributed by atoms with Gasteiger partial charge in [0.1, 0.15) is 12.3 Å². The van der Waals surface area contributed by atoms with Crippen LogP contribution in [0.1, 0.15) is 27.9 Å². The Hall–Kier alpha value is -3.62. The number of aromatic nitrogens is 1. The van der Waals surface area contributed by atoms with Crippen LogP contribution in [-0.4, -0.2) is 67.1 Å². The molecule has 0 bridgehead atoms. The van der Waals surface area contributed by atoms with E-state index < -0.39 is 0 Å². The van der Waals surface area contributed by atoms with Crippen LogP contribution in [0.4, 0.5) is 0 Å². The zero-order valence-electron chi connectivity index (χ0n) is 22.4. The highest BCUT2D eigenvalue weighted by molar-refractivity contribution is 9.10. The summed E-state index contributed by atoms with van der Waals surface area (Å²) in [4.78, 5) is 34.0. The van der Waals surface area contributed by atoms with E-state index in [9.17, 15) is 9.59 Å². The van der Waals surface area contributed by atoms with E-state index in [0.717, 1.165) is 32.3 Å². The van der Waals surface area contributed by atoms with Gasteiger partial charge >= 0.3 is 0 Å². The first-order valence-corrected chi connectivity index (χ1v) is 13.8. The molecule has 3 aromatic carbocycles. The van der Waals surface area contributed by atoms with Crippen LogP contribution in [0.25, 0.3) is 10.9 Å². The molecule has 0 aliphatic heterocycles. The zero-order chi connectivity index (χ0) is 27.6. The fraction of sp³-hybridized carbons (Fsp3) is 0.290. The second-order valence-electron chi connectivity index (χ2n) is 9.35. The number of ether oxygens (including phenoxy) is 2. The summed E-state index contributed by atoms with van der Waals surface area (Å²) in [7, 11) is 3.26. The Balaban J connectivity index is 1.54. The maximum absolute atomic E-state index is 13.8. The monoisotopic (exact) mass is 591 g/mol. The van der Waals surface area contributed by atoms with Crippen molar-refractivity contribution in [3.05, 3.63) is 100 Å². The van der Waals surface area contributed by atoms with Crippen molar-refractivity contribution in [2.45, 2.75) is 19.4 Å². The number of rotatable bonds is 13. The number of nitrogens with one attached hydrogen (secondary N) is 1. The maximum atomic E-state index is 13.8. The lowest BCUT2D eigenvalue weighted by Gasteiger charge is -2.28. The third-order valence-electron chi connectivity index (χ3n) is 6.69. The van der Waals surface area contributed by atoms with Crippen molar-refractivity contribution in [2.24, 2.45) is 0 Å². The average Bonchev–Trinajstić information content (AvgIpc) is 3.38. The van der Waals surface area contributed by atoms with Gasteiger partial charge in [-0.2, -0.15) is 0 Å². The lowest BCUT2D eigenvalue weighted by molar-refractivity contribution is -0.132. The lowest BCUT2D eigenvalue weighted by atomic mass is 10.1. The first-order chi connectivity index (χ1) is 19.0. The molecule has 0 fully saturated rings. The van der Waals surface area contributed by atoms with Gasteiger partial charge in [-0.15, -0.1) is 0 Å². The first-order valence-electron chi connectivity index (χ1n) is 13.0. The highest BCUT2D eigenvalue weighted by Crippen LogP contribution is 2.20. The Kier molecular flexibility index (Phi) is 10.2. The van der Waals surface area contributed by atoms with Crippen molar-refractivity contribution < 1.29 is 19.1 Å². The van der Waals surface area contributed by atoms with Gasteiger partial charge in [-0.1, -0.05) is 46.3 Å². The summed E-state index contributed by atoms with van der Waals surface area (Å²) in [5.74, 6) is 0.487. The quantitative estimate of drug-likeness (QED) is 0.203. The molecule has 1 heterocycles. The van der Waals surface area contributed by atoms with E-state index >= 15 is 0 Å². The molecule has 8 heteroatoms. The number of methoxy groups -OCH3 is 2. The Morgan fingerprint density at radius 3 is 2.36 bits per heavy atom. The van der Waals surface area contributed by atoms with Gasteiger partial charge in [0.15, 0.2) is 0 Å². The molecule has 1 aromatic heterocycles. The Morgan fingerprint density at radius 2 is 1.64 bits per heavy atom. The number of hydrogen-bond acceptors (Lipinski definition) is 4. The normalized spacial score (nSPS) is 10.9. The standard InChI is InChI=1S/C31H34BrN3O4/c1-38-19-5-17-35(31(37)24-10-12-26(32)13-11-24)22-30(36)34(21-23-8-14-27(39-2)15-9-23)18-16-25-20-33-29-7-4-3-6-28(25)29/h3-4,6-15,20,33H,5,16-19,21-22H2,1-2H3. The summed E-state index contributed by atoms with van der Waals surface area (Å²) in [6.45, 7) is 1.87. The number of H-pyrrole nitrogens is 1. The van der Waals surface area contributed by atoms with Gasteiger partial charge in [-0.3, -0.25) is 9.59 Å². The van der Waals surface area contributed by atoms with Crippen LogP contribution < -0.4 is 4.74 Å². The number of benzene rings is 3. The van der Waals surface area contributed by atoms with Crippen LogP contribution in [0.2, 0.25) is 0 Å². The van der Waals surface area contributed by atoms with Crippen molar-refractivity contribution in [2.75, 3.05) is 40.5 Å². The molecule has 0 spiro atoms. The second kappa shape index (κ2) is 14.0. The molecular formula is C31H34BrN3O4. The fourth-order valence-electron chi connectivity index (χ4n) is 4.53. The number of para-hydroxylation sites is 1. The second-order valence-corrected chi connectivity index (χ2v) is 10.3. The minimum atomic E-state index is -0.173. The van der Waals surface area contributed by atoms with Gasteiger partial charge in [0.05, 0.1) is 7.11 Å². The van der Waals surface area contributed by atoms with Crippen molar-refractivity contribution in [1.82, 2.24) is 14.8 Å². The highest BCUT2D eigenvalue weighted by atomic mass is 79.9. The highest BCUT2D eigenvalue weighted by Gasteiger charge is 2.23. The summed E-state index contributed by atoms with van der Waals surface area (Å²) < 4.78 is 11.4. The number of aromatic amines is 1. The summed E-state index contributed by atoms with van der Waals surface area (Å²) in [5.41, 5.74) is 3.77. The maximum Gasteiger partial charge on any atom is 0.254 e. The molecule has 4 aromatic rings. The summed E-state index contributed by atoms with van der Waals surface area (Å²) in [5, 5.41) is 1.15. The number of halogens is 1. The van der Waals surface area contributed by atoms with Gasteiger partial charge in [0, 0.05) is 60.5 Å². The lowest BCUT2D eigenvalue weighted by Crippen LogP contribution is -2.44. The Morgan fingerprint density at radius 1 is 0.897 bits per heavy atom. The molecule has 0 unspecified atom stereocenters. The van der Waals surface area contributed by atoms with E-state index in [4.69, 9.17) is 9.47 Å². The number of carbonyl (C=O) groups is 2. The minimum Gasteiger partial charge on any atom is -0.497 e. The predicted octanol–water partition coefficient (Wildman–Crippen LogP) is 5.69. The van der Waals surface area contributed by atoms with Gasteiger partial charge in [-0.25, -0.2) is 0 Å². The van der Waals surface area contributed by atoms with Gasteiger partial charge < -0.3 is 24.3 Å². The number of nitrogens with zero attached hydrogens (tertiary/aromatic N) is 2. The van der Waals surface area contributed by atoms with Crippen LogP contribution in [0.5, 0.6) is 5.75 Å².